The van der Waals surface area contributed by atoms with Crippen LogP contribution in [0.3, 0.4) is 0 Å². The van der Waals surface area contributed by atoms with Crippen LogP contribution in [-0.2, 0) is 6.54 Å². The Kier molecular flexibility index (Phi) is 3.61. The molecule has 2 atom stereocenters. The van der Waals surface area contributed by atoms with E-state index in [0.29, 0.717) is 18.0 Å². The van der Waals surface area contributed by atoms with E-state index in [-0.39, 0.29) is 0 Å². The van der Waals surface area contributed by atoms with Crippen molar-refractivity contribution in [3.63, 3.8) is 0 Å². The highest BCUT2D eigenvalue weighted by molar-refractivity contribution is 4.97. The predicted molar refractivity (Wildman–Crippen MR) is 63.0 cm³/mol. The van der Waals surface area contributed by atoms with E-state index in [2.05, 4.69) is 36.1 Å². The van der Waals surface area contributed by atoms with Crippen LogP contribution in [-0.4, -0.2) is 35.2 Å². The van der Waals surface area contributed by atoms with Crippen molar-refractivity contribution >= 4 is 0 Å². The van der Waals surface area contributed by atoms with E-state index in [0.717, 1.165) is 25.3 Å². The Morgan fingerprint density at radius 2 is 2.44 bits per heavy atom. The van der Waals surface area contributed by atoms with Gasteiger partial charge < -0.3 is 9.84 Å². The zero-order valence-corrected chi connectivity index (χ0v) is 10.3. The summed E-state index contributed by atoms with van der Waals surface area (Å²) in [6.45, 7) is 9.82. The predicted octanol–water partition coefficient (Wildman–Crippen LogP) is 1.49. The van der Waals surface area contributed by atoms with Gasteiger partial charge >= 0.3 is 0 Å². The molecule has 90 valence electrons. The molecule has 2 rings (SSSR count). The Morgan fingerprint density at radius 1 is 1.62 bits per heavy atom. The summed E-state index contributed by atoms with van der Waals surface area (Å²) < 4.78 is 4.89. The molecule has 1 saturated heterocycles. The first kappa shape index (κ1) is 11.6. The SMILES string of the molecule is CC1CN(Cc2ccon2)C(C(C)C)CN1. The third-order valence-corrected chi connectivity index (χ3v) is 3.28. The first-order valence-electron chi connectivity index (χ1n) is 6.03. The number of rotatable bonds is 3. The Labute approximate surface area is 97.0 Å². The fourth-order valence-corrected chi connectivity index (χ4v) is 2.37. The summed E-state index contributed by atoms with van der Waals surface area (Å²) >= 11 is 0. The summed E-state index contributed by atoms with van der Waals surface area (Å²) in [5, 5.41) is 7.53. The molecule has 2 heterocycles. The molecule has 0 aromatic carbocycles. The van der Waals surface area contributed by atoms with Crippen LogP contribution in [0.15, 0.2) is 16.9 Å². The third-order valence-electron chi connectivity index (χ3n) is 3.28. The number of aromatic nitrogens is 1. The highest BCUT2D eigenvalue weighted by atomic mass is 16.5. The van der Waals surface area contributed by atoms with E-state index < -0.39 is 0 Å². The lowest BCUT2D eigenvalue weighted by molar-refractivity contribution is 0.0931. The van der Waals surface area contributed by atoms with Gasteiger partial charge in [-0.2, -0.15) is 0 Å². The molecule has 1 fully saturated rings. The molecule has 4 nitrogen and oxygen atoms in total. The van der Waals surface area contributed by atoms with E-state index >= 15 is 0 Å². The fraction of sp³-hybridized carbons (Fsp3) is 0.750. The van der Waals surface area contributed by atoms with Gasteiger partial charge in [0.1, 0.15) is 6.26 Å². The maximum Gasteiger partial charge on any atom is 0.124 e. The number of hydrogen-bond acceptors (Lipinski definition) is 4. The van der Waals surface area contributed by atoms with Crippen LogP contribution in [0, 0.1) is 5.92 Å². The lowest BCUT2D eigenvalue weighted by Crippen LogP contribution is -2.56. The average molecular weight is 223 g/mol. The van der Waals surface area contributed by atoms with Gasteiger partial charge in [-0.25, -0.2) is 0 Å². The zero-order valence-electron chi connectivity index (χ0n) is 10.3. The van der Waals surface area contributed by atoms with Crippen molar-refractivity contribution < 1.29 is 4.52 Å². The Morgan fingerprint density at radius 3 is 3.06 bits per heavy atom. The monoisotopic (exact) mass is 223 g/mol. The second-order valence-corrected chi connectivity index (χ2v) is 5.04. The largest absolute Gasteiger partial charge is 0.364 e. The van der Waals surface area contributed by atoms with E-state index in [1.807, 2.05) is 6.07 Å². The van der Waals surface area contributed by atoms with Gasteiger partial charge in [0.15, 0.2) is 0 Å². The van der Waals surface area contributed by atoms with Crippen LogP contribution < -0.4 is 5.32 Å². The maximum absolute atomic E-state index is 4.89. The minimum absolute atomic E-state index is 0.557. The summed E-state index contributed by atoms with van der Waals surface area (Å²) in [5.41, 5.74) is 1.03. The van der Waals surface area contributed by atoms with Crippen molar-refractivity contribution in [1.82, 2.24) is 15.4 Å². The van der Waals surface area contributed by atoms with Gasteiger partial charge in [-0.05, 0) is 12.8 Å². The molecule has 16 heavy (non-hydrogen) atoms. The summed E-state index contributed by atoms with van der Waals surface area (Å²) in [6, 6.07) is 3.10. The van der Waals surface area contributed by atoms with Gasteiger partial charge in [-0.3, -0.25) is 4.90 Å². The van der Waals surface area contributed by atoms with Crippen LogP contribution in [0.25, 0.3) is 0 Å². The van der Waals surface area contributed by atoms with Crippen molar-refractivity contribution in [3.8, 4) is 0 Å². The quantitative estimate of drug-likeness (QED) is 0.843. The van der Waals surface area contributed by atoms with Gasteiger partial charge in [-0.15, -0.1) is 0 Å². The third kappa shape index (κ3) is 2.62. The molecule has 0 saturated carbocycles. The minimum Gasteiger partial charge on any atom is -0.364 e. The Balaban J connectivity index is 2.02. The molecular formula is C12H21N3O. The molecule has 0 amide bonds. The van der Waals surface area contributed by atoms with Gasteiger partial charge in [0.2, 0.25) is 0 Å². The lowest BCUT2D eigenvalue weighted by Gasteiger charge is -2.41. The second-order valence-electron chi connectivity index (χ2n) is 5.04. The van der Waals surface area contributed by atoms with Crippen LogP contribution >= 0.6 is 0 Å². The highest BCUT2D eigenvalue weighted by Gasteiger charge is 2.28. The highest BCUT2D eigenvalue weighted by Crippen LogP contribution is 2.17. The van der Waals surface area contributed by atoms with Gasteiger partial charge in [0.05, 0.1) is 5.69 Å². The van der Waals surface area contributed by atoms with E-state index in [1.54, 1.807) is 6.26 Å². The van der Waals surface area contributed by atoms with Crippen molar-refractivity contribution in [2.45, 2.75) is 39.4 Å². The normalized spacial score (nSPS) is 27.5. The van der Waals surface area contributed by atoms with Crippen LogP contribution in [0.4, 0.5) is 0 Å². The van der Waals surface area contributed by atoms with Crippen molar-refractivity contribution in [2.75, 3.05) is 13.1 Å². The summed E-state index contributed by atoms with van der Waals surface area (Å²) in [5.74, 6) is 0.659. The van der Waals surface area contributed by atoms with Crippen molar-refractivity contribution in [2.24, 2.45) is 5.92 Å². The topological polar surface area (TPSA) is 41.3 Å². The summed E-state index contributed by atoms with van der Waals surface area (Å²) in [6.07, 6.45) is 1.64. The molecule has 4 heteroatoms. The second kappa shape index (κ2) is 4.97. The summed E-state index contributed by atoms with van der Waals surface area (Å²) in [7, 11) is 0. The zero-order chi connectivity index (χ0) is 11.5. The average Bonchev–Trinajstić information content (AvgIpc) is 2.70. The number of nitrogens with zero attached hydrogens (tertiary/aromatic N) is 2. The summed E-state index contributed by atoms with van der Waals surface area (Å²) in [4.78, 5) is 2.50. The minimum atomic E-state index is 0.557. The molecule has 1 N–H and O–H groups in total. The first-order chi connectivity index (χ1) is 7.66. The van der Waals surface area contributed by atoms with Crippen molar-refractivity contribution in [1.29, 1.82) is 0 Å². The van der Waals surface area contributed by atoms with Crippen LogP contribution in [0.1, 0.15) is 26.5 Å². The molecule has 0 spiro atoms. The molecule has 0 radical (unpaired) electrons. The van der Waals surface area contributed by atoms with E-state index in [9.17, 15) is 0 Å². The van der Waals surface area contributed by atoms with E-state index in [1.165, 1.54) is 0 Å². The Hall–Kier alpha value is -0.870. The Bertz CT molecular complexity index is 310. The molecule has 1 aliphatic heterocycles. The van der Waals surface area contributed by atoms with Crippen LogP contribution in [0.5, 0.6) is 0 Å². The molecule has 1 aromatic heterocycles. The molecule has 1 aromatic rings. The smallest absolute Gasteiger partial charge is 0.124 e. The maximum atomic E-state index is 4.89. The molecular weight excluding hydrogens is 202 g/mol. The van der Waals surface area contributed by atoms with Gasteiger partial charge in [0, 0.05) is 37.8 Å². The molecule has 1 aliphatic rings. The molecule has 0 bridgehead atoms. The fourth-order valence-electron chi connectivity index (χ4n) is 2.37. The van der Waals surface area contributed by atoms with Gasteiger partial charge in [0.25, 0.3) is 0 Å². The number of hydrogen-bond donors (Lipinski definition) is 1. The van der Waals surface area contributed by atoms with Gasteiger partial charge in [-0.1, -0.05) is 19.0 Å². The standard InChI is InChI=1S/C12H21N3O/c1-9(2)12-6-13-10(3)7-15(12)8-11-4-5-16-14-11/h4-5,9-10,12-13H,6-8H2,1-3H3. The number of piperazine rings is 1. The van der Waals surface area contributed by atoms with Crippen molar-refractivity contribution in [3.05, 3.63) is 18.0 Å². The van der Waals surface area contributed by atoms with E-state index in [4.69, 9.17) is 4.52 Å². The number of nitrogens with one attached hydrogen (secondary N) is 1. The first-order valence-corrected chi connectivity index (χ1v) is 6.03. The van der Waals surface area contributed by atoms with Crippen LogP contribution in [0.2, 0.25) is 0 Å². The lowest BCUT2D eigenvalue weighted by atomic mass is 9.98. The molecule has 0 aliphatic carbocycles. The molecule has 2 unspecified atom stereocenters.